The lowest BCUT2D eigenvalue weighted by molar-refractivity contribution is -0.167. The van der Waals surface area contributed by atoms with Gasteiger partial charge in [0.25, 0.3) is 0 Å². The van der Waals surface area contributed by atoms with Crippen molar-refractivity contribution >= 4 is 12.2 Å². The molecule has 7 heteroatoms. The number of hydrazone groups is 1. The average Bonchev–Trinajstić information content (AvgIpc) is 2.75. The fourth-order valence-electron chi connectivity index (χ4n) is 2.11. The minimum absolute atomic E-state index is 0.178. The molecule has 1 aliphatic rings. The maximum Gasteiger partial charge on any atom is 0.338 e. The quantitative estimate of drug-likeness (QED) is 0.660. The number of hydrogen-bond acceptors (Lipinski definition) is 7. The van der Waals surface area contributed by atoms with Crippen molar-refractivity contribution in [2.24, 2.45) is 10.9 Å². The van der Waals surface area contributed by atoms with E-state index in [1.807, 2.05) is 6.07 Å². The molecule has 2 N–H and O–H groups in total. The molecule has 1 aliphatic heterocycles. The Morgan fingerprint density at radius 2 is 2.14 bits per heavy atom. The van der Waals surface area contributed by atoms with Gasteiger partial charge >= 0.3 is 5.97 Å². The van der Waals surface area contributed by atoms with Crippen LogP contribution in [0.1, 0.15) is 29.8 Å². The summed E-state index contributed by atoms with van der Waals surface area (Å²) in [5, 5.41) is 6.92. The minimum atomic E-state index is -1.04. The molecule has 2 rings (SSSR count). The summed E-state index contributed by atoms with van der Waals surface area (Å²) in [7, 11) is 3.23. The number of hydrazine groups is 2. The van der Waals surface area contributed by atoms with Crippen molar-refractivity contribution in [3.05, 3.63) is 35.4 Å². The van der Waals surface area contributed by atoms with Crippen molar-refractivity contribution < 1.29 is 14.3 Å². The van der Waals surface area contributed by atoms with Crippen LogP contribution in [0.15, 0.2) is 29.4 Å². The molecule has 1 atom stereocenters. The maximum atomic E-state index is 12.0. The molecule has 0 saturated carbocycles. The van der Waals surface area contributed by atoms with E-state index in [9.17, 15) is 4.79 Å². The Kier molecular flexibility index (Phi) is 4.26. The van der Waals surface area contributed by atoms with E-state index in [1.165, 1.54) is 17.3 Å². The van der Waals surface area contributed by atoms with E-state index >= 15 is 0 Å². The van der Waals surface area contributed by atoms with Gasteiger partial charge in [0.2, 0.25) is 5.72 Å². The Labute approximate surface area is 123 Å². The summed E-state index contributed by atoms with van der Waals surface area (Å²) in [4.78, 5) is 12.0. The average molecular weight is 292 g/mol. The van der Waals surface area contributed by atoms with E-state index in [0.717, 1.165) is 0 Å². The largest absolute Gasteiger partial charge is 0.459 e. The number of carbonyl (C=O) groups excluding carboxylic acids is 1. The summed E-state index contributed by atoms with van der Waals surface area (Å²) in [5.74, 6) is 5.62. The third kappa shape index (κ3) is 2.76. The van der Waals surface area contributed by atoms with Crippen LogP contribution < -0.4 is 5.84 Å². The van der Waals surface area contributed by atoms with Crippen molar-refractivity contribution in [1.82, 2.24) is 10.2 Å². The topological polar surface area (TPSA) is 80.4 Å². The van der Waals surface area contributed by atoms with Crippen molar-refractivity contribution in [2.75, 3.05) is 14.2 Å². The van der Waals surface area contributed by atoms with Crippen molar-refractivity contribution in [3.8, 4) is 0 Å². The van der Waals surface area contributed by atoms with Crippen LogP contribution in [-0.2, 0) is 15.2 Å². The second kappa shape index (κ2) is 5.80. The van der Waals surface area contributed by atoms with Crippen LogP contribution in [0.3, 0.4) is 0 Å². The van der Waals surface area contributed by atoms with Crippen LogP contribution in [-0.4, -0.2) is 42.7 Å². The Hall–Kier alpha value is -1.96. The summed E-state index contributed by atoms with van der Waals surface area (Å²) in [5.41, 5.74) is 0.0934. The molecule has 0 radical (unpaired) electrons. The number of nitrogens with zero attached hydrogens (tertiary/aromatic N) is 3. The molecule has 1 heterocycles. The molecule has 0 aromatic heterocycles. The van der Waals surface area contributed by atoms with Gasteiger partial charge in [-0.15, -0.1) is 0 Å². The summed E-state index contributed by atoms with van der Waals surface area (Å²) in [6.45, 7) is 3.61. The minimum Gasteiger partial charge on any atom is -0.459 e. The van der Waals surface area contributed by atoms with E-state index in [-0.39, 0.29) is 12.1 Å². The first kappa shape index (κ1) is 15.4. The predicted octanol–water partition coefficient (Wildman–Crippen LogP) is 1.07. The molecule has 0 fully saturated rings. The van der Waals surface area contributed by atoms with Gasteiger partial charge in [-0.1, -0.05) is 17.3 Å². The van der Waals surface area contributed by atoms with Crippen molar-refractivity contribution in [2.45, 2.75) is 25.7 Å². The van der Waals surface area contributed by atoms with Crippen molar-refractivity contribution in [1.29, 1.82) is 0 Å². The molecule has 0 aliphatic carbocycles. The van der Waals surface area contributed by atoms with E-state index in [1.54, 1.807) is 45.3 Å². The van der Waals surface area contributed by atoms with Crippen LogP contribution in [0.2, 0.25) is 0 Å². The lowest BCUT2D eigenvalue weighted by Gasteiger charge is -2.34. The van der Waals surface area contributed by atoms with Gasteiger partial charge in [0.05, 0.1) is 17.9 Å². The molecule has 7 nitrogen and oxygen atoms in total. The molecular weight excluding hydrogens is 272 g/mol. The molecule has 21 heavy (non-hydrogen) atoms. The number of carbonyl (C=O) groups is 1. The molecule has 1 aromatic rings. The number of benzene rings is 1. The standard InChI is InChI=1S/C14H20N4O3/c1-10(2)21-13(19)11-6-5-7-12(8-11)14(20-4)9-16-17(3)18(14)15/h5-10H,15H2,1-4H3. The first-order valence-electron chi connectivity index (χ1n) is 6.61. The zero-order valence-corrected chi connectivity index (χ0v) is 12.6. The summed E-state index contributed by atoms with van der Waals surface area (Å²) in [6, 6.07) is 6.96. The lowest BCUT2D eigenvalue weighted by Crippen LogP contribution is -2.54. The van der Waals surface area contributed by atoms with Crippen LogP contribution in [0.4, 0.5) is 0 Å². The molecule has 0 bridgehead atoms. The third-order valence-electron chi connectivity index (χ3n) is 3.22. The maximum absolute atomic E-state index is 12.0. The molecule has 0 saturated heterocycles. The van der Waals surface area contributed by atoms with Gasteiger partial charge in [0, 0.05) is 19.7 Å². The predicted molar refractivity (Wildman–Crippen MR) is 78.0 cm³/mol. The van der Waals surface area contributed by atoms with Gasteiger partial charge in [-0.25, -0.2) is 15.8 Å². The highest BCUT2D eigenvalue weighted by Crippen LogP contribution is 2.31. The number of nitrogens with two attached hydrogens (primary N) is 1. The van der Waals surface area contributed by atoms with Gasteiger partial charge in [0.15, 0.2) is 0 Å². The second-order valence-corrected chi connectivity index (χ2v) is 5.01. The number of esters is 1. The van der Waals surface area contributed by atoms with Gasteiger partial charge in [-0.2, -0.15) is 5.10 Å². The van der Waals surface area contributed by atoms with Gasteiger partial charge in [-0.05, 0) is 26.0 Å². The van der Waals surface area contributed by atoms with E-state index in [0.29, 0.717) is 11.1 Å². The van der Waals surface area contributed by atoms with Gasteiger partial charge < -0.3 is 9.47 Å². The van der Waals surface area contributed by atoms with Crippen LogP contribution in [0.5, 0.6) is 0 Å². The highest BCUT2D eigenvalue weighted by atomic mass is 16.5. The first-order valence-corrected chi connectivity index (χ1v) is 6.61. The Morgan fingerprint density at radius 3 is 2.67 bits per heavy atom. The van der Waals surface area contributed by atoms with Crippen LogP contribution in [0.25, 0.3) is 0 Å². The second-order valence-electron chi connectivity index (χ2n) is 5.01. The fraction of sp³-hybridized carbons (Fsp3) is 0.429. The monoisotopic (exact) mass is 292 g/mol. The molecular formula is C14H20N4O3. The number of rotatable bonds is 4. The van der Waals surface area contributed by atoms with E-state index in [4.69, 9.17) is 15.3 Å². The van der Waals surface area contributed by atoms with E-state index < -0.39 is 5.72 Å². The SMILES string of the molecule is COC1(c2cccc(C(=O)OC(C)C)c2)C=NN(C)N1N. The molecule has 0 amide bonds. The summed E-state index contributed by atoms with van der Waals surface area (Å²) < 4.78 is 10.7. The highest BCUT2D eigenvalue weighted by molar-refractivity contribution is 5.90. The molecule has 114 valence electrons. The smallest absolute Gasteiger partial charge is 0.338 e. The molecule has 1 aromatic carbocycles. The Bertz CT molecular complexity index is 561. The highest BCUT2D eigenvalue weighted by Gasteiger charge is 2.43. The zero-order chi connectivity index (χ0) is 15.6. The van der Waals surface area contributed by atoms with Gasteiger partial charge in [0.1, 0.15) is 0 Å². The molecule has 0 spiro atoms. The van der Waals surface area contributed by atoms with Crippen molar-refractivity contribution in [3.63, 3.8) is 0 Å². The summed E-state index contributed by atoms with van der Waals surface area (Å²) >= 11 is 0. The fourth-order valence-corrected chi connectivity index (χ4v) is 2.11. The summed E-state index contributed by atoms with van der Waals surface area (Å²) in [6.07, 6.45) is 1.41. The Morgan fingerprint density at radius 1 is 1.43 bits per heavy atom. The van der Waals surface area contributed by atoms with Gasteiger partial charge in [-0.3, -0.25) is 0 Å². The third-order valence-corrected chi connectivity index (χ3v) is 3.22. The number of methoxy groups -OCH3 is 1. The lowest BCUT2D eigenvalue weighted by atomic mass is 10.0. The first-order chi connectivity index (χ1) is 9.90. The number of hydrogen-bond donors (Lipinski definition) is 1. The normalized spacial score (nSPS) is 22.1. The molecule has 1 unspecified atom stereocenters. The Balaban J connectivity index is 2.37. The number of ether oxygens (including phenoxy) is 2. The van der Waals surface area contributed by atoms with E-state index in [2.05, 4.69) is 5.10 Å². The zero-order valence-electron chi connectivity index (χ0n) is 12.6. The van der Waals surface area contributed by atoms with Crippen LogP contribution in [0, 0.1) is 0 Å². The van der Waals surface area contributed by atoms with Crippen LogP contribution >= 0.6 is 0 Å².